The first-order valence-corrected chi connectivity index (χ1v) is 12.4. The van der Waals surface area contributed by atoms with E-state index >= 15 is 0 Å². The molecule has 0 amide bonds. The maximum Gasteiger partial charge on any atom is 0.119 e. The van der Waals surface area contributed by atoms with E-state index in [2.05, 4.69) is 84.3 Å². The molecule has 0 radical (unpaired) electrons. The van der Waals surface area contributed by atoms with E-state index in [1.165, 1.54) is 27.7 Å². The Kier molecular flexibility index (Phi) is 7.06. The molecule has 176 valence electrons. The van der Waals surface area contributed by atoms with Gasteiger partial charge in [0, 0.05) is 23.1 Å². The Morgan fingerprint density at radius 3 is 2.17 bits per heavy atom. The van der Waals surface area contributed by atoms with E-state index in [1.54, 1.807) is 0 Å². The Morgan fingerprint density at radius 1 is 0.714 bits per heavy atom. The number of alkyl halides is 1. The van der Waals surface area contributed by atoms with E-state index < -0.39 is 0 Å². The molecular weight excluding hydrogens is 454 g/mol. The molecule has 0 N–H and O–H groups in total. The Bertz CT molecular complexity index is 1390. The number of ether oxygens (including phenoxy) is 2. The van der Waals surface area contributed by atoms with Crippen LogP contribution >= 0.6 is 11.6 Å². The summed E-state index contributed by atoms with van der Waals surface area (Å²) in [6.45, 7) is 3.97. The van der Waals surface area contributed by atoms with Gasteiger partial charge in [0.15, 0.2) is 0 Å². The molecule has 0 fully saturated rings. The maximum atomic E-state index is 6.00. The van der Waals surface area contributed by atoms with Gasteiger partial charge in [-0.15, -0.1) is 11.6 Å². The number of aromatic nitrogens is 1. The lowest BCUT2D eigenvalue weighted by atomic mass is 10.1. The van der Waals surface area contributed by atoms with E-state index in [1.807, 2.05) is 30.3 Å². The number of benzene rings is 4. The van der Waals surface area contributed by atoms with Crippen LogP contribution in [-0.2, 0) is 13.2 Å². The number of rotatable bonds is 9. The molecule has 3 nitrogen and oxygen atoms in total. The zero-order valence-corrected chi connectivity index (χ0v) is 20.5. The second-order valence-corrected chi connectivity index (χ2v) is 9.04. The molecule has 0 aliphatic heterocycles. The second kappa shape index (κ2) is 10.7. The SMILES string of the molecule is Cc1ccc2c(c1)cc(-c1ccc(OCc3ccccc3)cc1)n2Cc1ccc(OCCCl)cc1. The van der Waals surface area contributed by atoms with Crippen molar-refractivity contribution in [3.8, 4) is 22.8 Å². The van der Waals surface area contributed by atoms with Gasteiger partial charge in [-0.25, -0.2) is 0 Å². The third kappa shape index (κ3) is 5.52. The molecule has 4 heteroatoms. The highest BCUT2D eigenvalue weighted by atomic mass is 35.5. The van der Waals surface area contributed by atoms with E-state index in [-0.39, 0.29) is 0 Å². The average Bonchev–Trinajstić information content (AvgIpc) is 3.25. The van der Waals surface area contributed by atoms with Gasteiger partial charge >= 0.3 is 0 Å². The van der Waals surface area contributed by atoms with Crippen molar-refractivity contribution < 1.29 is 9.47 Å². The van der Waals surface area contributed by atoms with Gasteiger partial charge in [0.05, 0.1) is 5.88 Å². The molecule has 1 aromatic heterocycles. The van der Waals surface area contributed by atoms with Crippen molar-refractivity contribution in [2.45, 2.75) is 20.1 Å². The monoisotopic (exact) mass is 481 g/mol. The van der Waals surface area contributed by atoms with Gasteiger partial charge in [0.25, 0.3) is 0 Å². The normalized spacial score (nSPS) is 11.0. The molecule has 0 unspecified atom stereocenters. The molecule has 0 saturated carbocycles. The summed E-state index contributed by atoms with van der Waals surface area (Å²) < 4.78 is 14.0. The summed E-state index contributed by atoms with van der Waals surface area (Å²) in [5.74, 6) is 2.19. The van der Waals surface area contributed by atoms with Crippen LogP contribution in [0.2, 0.25) is 0 Å². The molecule has 0 spiro atoms. The van der Waals surface area contributed by atoms with E-state index in [0.29, 0.717) is 19.1 Å². The standard InChI is InChI=1S/C31H28ClNO2/c1-23-7-16-30-27(19-23)20-31(33(30)21-24-8-12-28(13-9-24)34-18-17-32)26-10-14-29(15-11-26)35-22-25-5-3-2-4-6-25/h2-16,19-20H,17-18,21-22H2,1H3. The summed E-state index contributed by atoms with van der Waals surface area (Å²) in [6.07, 6.45) is 0. The number of hydrogen-bond donors (Lipinski definition) is 0. The van der Waals surface area contributed by atoms with Crippen LogP contribution < -0.4 is 9.47 Å². The smallest absolute Gasteiger partial charge is 0.119 e. The van der Waals surface area contributed by atoms with E-state index in [9.17, 15) is 0 Å². The molecule has 4 aromatic carbocycles. The first kappa shape index (κ1) is 23.1. The Hall–Kier alpha value is -3.69. The van der Waals surface area contributed by atoms with Crippen LogP contribution in [0.25, 0.3) is 22.2 Å². The molecule has 5 aromatic rings. The molecule has 1 heterocycles. The van der Waals surface area contributed by atoms with Crippen molar-refractivity contribution in [2.24, 2.45) is 0 Å². The fourth-order valence-corrected chi connectivity index (χ4v) is 4.37. The molecule has 0 aliphatic carbocycles. The van der Waals surface area contributed by atoms with Crippen molar-refractivity contribution in [1.82, 2.24) is 4.57 Å². The van der Waals surface area contributed by atoms with Crippen LogP contribution in [-0.4, -0.2) is 17.1 Å². The van der Waals surface area contributed by atoms with Gasteiger partial charge in [-0.3, -0.25) is 0 Å². The van der Waals surface area contributed by atoms with E-state index in [4.69, 9.17) is 21.1 Å². The topological polar surface area (TPSA) is 23.4 Å². The average molecular weight is 482 g/mol. The van der Waals surface area contributed by atoms with Gasteiger partial charge in [0.2, 0.25) is 0 Å². The number of fused-ring (bicyclic) bond motifs is 1. The zero-order valence-electron chi connectivity index (χ0n) is 19.8. The summed E-state index contributed by atoms with van der Waals surface area (Å²) in [6, 6.07) is 35.8. The van der Waals surface area contributed by atoms with Crippen molar-refractivity contribution >= 4 is 22.5 Å². The highest BCUT2D eigenvalue weighted by molar-refractivity contribution is 6.18. The van der Waals surface area contributed by atoms with Gasteiger partial charge in [-0.05, 0) is 78.2 Å². The van der Waals surface area contributed by atoms with Crippen molar-refractivity contribution in [3.05, 3.63) is 120 Å². The second-order valence-electron chi connectivity index (χ2n) is 8.66. The van der Waals surface area contributed by atoms with Crippen LogP contribution in [0.1, 0.15) is 16.7 Å². The van der Waals surface area contributed by atoms with Crippen molar-refractivity contribution in [1.29, 1.82) is 0 Å². The summed E-state index contributed by atoms with van der Waals surface area (Å²) in [7, 11) is 0. The van der Waals surface area contributed by atoms with Gasteiger partial charge in [-0.1, -0.05) is 54.1 Å². The summed E-state index contributed by atoms with van der Waals surface area (Å²) in [5.41, 5.74) is 7.19. The highest BCUT2D eigenvalue weighted by Crippen LogP contribution is 2.31. The largest absolute Gasteiger partial charge is 0.492 e. The number of nitrogens with zero attached hydrogens (tertiary/aromatic N) is 1. The predicted octanol–water partition coefficient (Wildman–Crippen LogP) is 7.86. The lowest BCUT2D eigenvalue weighted by Gasteiger charge is -2.13. The lowest BCUT2D eigenvalue weighted by molar-refractivity contribution is 0.306. The Morgan fingerprint density at radius 2 is 1.43 bits per heavy atom. The van der Waals surface area contributed by atoms with Gasteiger partial charge in [0.1, 0.15) is 24.7 Å². The highest BCUT2D eigenvalue weighted by Gasteiger charge is 2.12. The molecule has 0 saturated heterocycles. The fourth-order valence-electron chi connectivity index (χ4n) is 4.29. The van der Waals surface area contributed by atoms with Crippen LogP contribution in [0.15, 0.2) is 103 Å². The minimum atomic E-state index is 0.482. The third-order valence-electron chi connectivity index (χ3n) is 6.07. The van der Waals surface area contributed by atoms with Crippen molar-refractivity contribution in [2.75, 3.05) is 12.5 Å². The van der Waals surface area contributed by atoms with Crippen LogP contribution in [0.4, 0.5) is 0 Å². The Labute approximate surface area is 211 Å². The van der Waals surface area contributed by atoms with Crippen LogP contribution in [0.5, 0.6) is 11.5 Å². The molecular formula is C31H28ClNO2. The summed E-state index contributed by atoms with van der Waals surface area (Å²) >= 11 is 5.74. The molecule has 0 atom stereocenters. The molecule has 0 aliphatic rings. The maximum absolute atomic E-state index is 6.00. The summed E-state index contributed by atoms with van der Waals surface area (Å²) in [5, 5.41) is 1.24. The fraction of sp³-hybridized carbons (Fsp3) is 0.161. The number of hydrogen-bond acceptors (Lipinski definition) is 2. The summed E-state index contributed by atoms with van der Waals surface area (Å²) in [4.78, 5) is 0. The Balaban J connectivity index is 1.41. The minimum absolute atomic E-state index is 0.482. The first-order valence-electron chi connectivity index (χ1n) is 11.8. The zero-order chi connectivity index (χ0) is 24.0. The lowest BCUT2D eigenvalue weighted by Crippen LogP contribution is -2.02. The van der Waals surface area contributed by atoms with Gasteiger partial charge < -0.3 is 14.0 Å². The van der Waals surface area contributed by atoms with Gasteiger partial charge in [-0.2, -0.15) is 0 Å². The van der Waals surface area contributed by atoms with E-state index in [0.717, 1.165) is 29.2 Å². The predicted molar refractivity (Wildman–Crippen MR) is 145 cm³/mol. The molecule has 35 heavy (non-hydrogen) atoms. The van der Waals surface area contributed by atoms with Crippen LogP contribution in [0.3, 0.4) is 0 Å². The van der Waals surface area contributed by atoms with Crippen LogP contribution in [0, 0.1) is 6.92 Å². The number of aryl methyl sites for hydroxylation is 1. The molecule has 0 bridgehead atoms. The third-order valence-corrected chi connectivity index (χ3v) is 6.22. The quantitative estimate of drug-likeness (QED) is 0.200. The number of halogens is 1. The van der Waals surface area contributed by atoms with Crippen molar-refractivity contribution in [3.63, 3.8) is 0 Å². The molecule has 5 rings (SSSR count). The minimum Gasteiger partial charge on any atom is -0.492 e. The first-order chi connectivity index (χ1) is 17.2.